The molecule has 3 nitrogen and oxygen atoms in total. The van der Waals surface area contributed by atoms with Crippen LogP contribution in [0.3, 0.4) is 0 Å². The highest BCUT2D eigenvalue weighted by molar-refractivity contribution is 7.99. The Morgan fingerprint density at radius 1 is 1.38 bits per heavy atom. The van der Waals surface area contributed by atoms with Crippen molar-refractivity contribution in [3.63, 3.8) is 0 Å². The molecule has 1 aromatic rings. The lowest BCUT2D eigenvalue weighted by Crippen LogP contribution is -2.38. The van der Waals surface area contributed by atoms with Crippen LogP contribution in [-0.2, 0) is 10.5 Å². The lowest BCUT2D eigenvalue weighted by molar-refractivity contribution is -0.120. The number of amides is 1. The van der Waals surface area contributed by atoms with Gasteiger partial charge in [-0.3, -0.25) is 9.69 Å². The zero-order chi connectivity index (χ0) is 15.1. The molecule has 21 heavy (non-hydrogen) atoms. The van der Waals surface area contributed by atoms with Gasteiger partial charge in [0, 0.05) is 24.9 Å². The van der Waals surface area contributed by atoms with E-state index < -0.39 is 0 Å². The molecule has 2 rings (SSSR count). The summed E-state index contributed by atoms with van der Waals surface area (Å²) in [5, 5.41) is 3.07. The highest BCUT2D eigenvalue weighted by Crippen LogP contribution is 2.25. The molecule has 116 valence electrons. The van der Waals surface area contributed by atoms with Gasteiger partial charge in [-0.15, -0.1) is 11.8 Å². The molecule has 1 aromatic carbocycles. The summed E-state index contributed by atoms with van der Waals surface area (Å²) in [7, 11) is 0. The monoisotopic (exact) mass is 306 g/mol. The summed E-state index contributed by atoms with van der Waals surface area (Å²) < 4.78 is 0. The Bertz CT molecular complexity index is 434. The van der Waals surface area contributed by atoms with Crippen LogP contribution in [0.15, 0.2) is 30.3 Å². The Hall–Kier alpha value is -1.00. The topological polar surface area (TPSA) is 32.3 Å². The van der Waals surface area contributed by atoms with Crippen LogP contribution in [0.25, 0.3) is 0 Å². The molecule has 0 bridgehead atoms. The number of carbonyl (C=O) groups is 1. The summed E-state index contributed by atoms with van der Waals surface area (Å²) in [6.07, 6.45) is 2.65. The second-order valence-corrected chi connectivity index (χ2v) is 6.92. The third-order valence-corrected chi connectivity index (χ3v) is 5.09. The summed E-state index contributed by atoms with van der Waals surface area (Å²) >= 11 is 1.70. The highest BCUT2D eigenvalue weighted by atomic mass is 32.2. The molecule has 1 saturated carbocycles. The van der Waals surface area contributed by atoms with Gasteiger partial charge in [0.15, 0.2) is 0 Å². The Labute approximate surface area is 132 Å². The standard InChI is InChI=1S/C17H26N2OS/c1-3-19(16-9-10-16)12-11-18-17(20)14(2)21-13-15-7-5-4-6-8-15/h4-8,14,16H,3,9-13H2,1-2H3,(H,18,20)/t14-/m0/s1. The molecular formula is C17H26N2OS. The molecule has 1 N–H and O–H groups in total. The Morgan fingerprint density at radius 3 is 2.71 bits per heavy atom. The van der Waals surface area contributed by atoms with E-state index in [9.17, 15) is 4.79 Å². The Morgan fingerprint density at radius 2 is 2.10 bits per heavy atom. The minimum absolute atomic E-state index is 0.00112. The largest absolute Gasteiger partial charge is 0.354 e. The lowest BCUT2D eigenvalue weighted by Gasteiger charge is -2.20. The average molecular weight is 306 g/mol. The normalized spacial score (nSPS) is 16.0. The van der Waals surface area contributed by atoms with Crippen molar-refractivity contribution >= 4 is 17.7 Å². The first-order valence-corrected chi connectivity index (χ1v) is 8.93. The Kier molecular flexibility index (Phi) is 6.58. The van der Waals surface area contributed by atoms with Crippen molar-refractivity contribution in [1.29, 1.82) is 0 Å². The fourth-order valence-electron chi connectivity index (χ4n) is 2.38. The molecule has 1 fully saturated rings. The first-order valence-electron chi connectivity index (χ1n) is 7.88. The molecule has 0 radical (unpaired) electrons. The van der Waals surface area contributed by atoms with E-state index in [1.807, 2.05) is 25.1 Å². The third-order valence-electron chi connectivity index (χ3n) is 3.88. The predicted octanol–water partition coefficient (Wildman–Crippen LogP) is 2.91. The molecule has 4 heteroatoms. The van der Waals surface area contributed by atoms with E-state index in [1.54, 1.807) is 11.8 Å². The first kappa shape index (κ1) is 16.4. The molecule has 0 aliphatic heterocycles. The SMILES string of the molecule is CCN(CCNC(=O)[C@H](C)SCc1ccccc1)C1CC1. The summed E-state index contributed by atoms with van der Waals surface area (Å²) in [5.74, 6) is 1.04. The number of carbonyl (C=O) groups excluding carboxylic acids is 1. The second-order valence-electron chi connectivity index (χ2n) is 5.59. The minimum atomic E-state index is 0.00112. The smallest absolute Gasteiger partial charge is 0.232 e. The fraction of sp³-hybridized carbons (Fsp3) is 0.588. The van der Waals surface area contributed by atoms with E-state index in [1.165, 1.54) is 18.4 Å². The van der Waals surface area contributed by atoms with Gasteiger partial charge >= 0.3 is 0 Å². The fourth-order valence-corrected chi connectivity index (χ4v) is 3.25. The molecule has 1 amide bonds. The van der Waals surface area contributed by atoms with Crippen LogP contribution in [0, 0.1) is 0 Å². The summed E-state index contributed by atoms with van der Waals surface area (Å²) in [6.45, 7) is 7.00. The van der Waals surface area contributed by atoms with Gasteiger partial charge in [0.1, 0.15) is 0 Å². The van der Waals surface area contributed by atoms with Crippen molar-refractivity contribution in [3.05, 3.63) is 35.9 Å². The summed E-state index contributed by atoms with van der Waals surface area (Å²) in [5.41, 5.74) is 1.27. The maximum Gasteiger partial charge on any atom is 0.232 e. The van der Waals surface area contributed by atoms with Crippen LogP contribution in [0.2, 0.25) is 0 Å². The number of likely N-dealkylation sites (N-methyl/N-ethyl adjacent to an activating group) is 1. The maximum atomic E-state index is 12.1. The van der Waals surface area contributed by atoms with Crippen LogP contribution < -0.4 is 5.32 Å². The number of benzene rings is 1. The van der Waals surface area contributed by atoms with Gasteiger partial charge in [-0.1, -0.05) is 37.3 Å². The van der Waals surface area contributed by atoms with Crippen molar-refractivity contribution in [1.82, 2.24) is 10.2 Å². The Balaban J connectivity index is 1.63. The van der Waals surface area contributed by atoms with Gasteiger partial charge in [0.05, 0.1) is 5.25 Å². The maximum absolute atomic E-state index is 12.1. The van der Waals surface area contributed by atoms with E-state index >= 15 is 0 Å². The van der Waals surface area contributed by atoms with Gasteiger partial charge in [0.25, 0.3) is 0 Å². The van der Waals surface area contributed by atoms with Gasteiger partial charge in [-0.25, -0.2) is 0 Å². The molecule has 0 aromatic heterocycles. The summed E-state index contributed by atoms with van der Waals surface area (Å²) in [6, 6.07) is 11.1. The number of rotatable bonds is 9. The van der Waals surface area contributed by atoms with Crippen molar-refractivity contribution in [2.45, 2.75) is 43.7 Å². The van der Waals surface area contributed by atoms with Gasteiger partial charge in [-0.2, -0.15) is 0 Å². The van der Waals surface area contributed by atoms with E-state index in [-0.39, 0.29) is 11.2 Å². The van der Waals surface area contributed by atoms with E-state index in [2.05, 4.69) is 29.3 Å². The van der Waals surface area contributed by atoms with Gasteiger partial charge in [-0.05, 0) is 31.9 Å². The number of nitrogens with zero attached hydrogens (tertiary/aromatic N) is 1. The van der Waals surface area contributed by atoms with Crippen molar-refractivity contribution in [2.75, 3.05) is 19.6 Å². The van der Waals surface area contributed by atoms with Crippen LogP contribution in [0.1, 0.15) is 32.3 Å². The molecule has 1 aliphatic carbocycles. The van der Waals surface area contributed by atoms with Crippen LogP contribution in [-0.4, -0.2) is 41.7 Å². The third kappa shape index (κ3) is 5.71. The number of hydrogen-bond donors (Lipinski definition) is 1. The molecule has 0 heterocycles. The van der Waals surface area contributed by atoms with E-state index in [4.69, 9.17) is 0 Å². The highest BCUT2D eigenvalue weighted by Gasteiger charge is 2.27. The van der Waals surface area contributed by atoms with Crippen molar-refractivity contribution in [3.8, 4) is 0 Å². The second kappa shape index (κ2) is 8.44. The van der Waals surface area contributed by atoms with Crippen molar-refractivity contribution in [2.24, 2.45) is 0 Å². The number of nitrogens with one attached hydrogen (secondary N) is 1. The van der Waals surface area contributed by atoms with Crippen molar-refractivity contribution < 1.29 is 4.79 Å². The molecule has 0 unspecified atom stereocenters. The van der Waals surface area contributed by atoms with Crippen LogP contribution in [0.4, 0.5) is 0 Å². The molecule has 1 aliphatic rings. The molecule has 0 spiro atoms. The van der Waals surface area contributed by atoms with Crippen LogP contribution in [0.5, 0.6) is 0 Å². The predicted molar refractivity (Wildman–Crippen MR) is 90.5 cm³/mol. The number of hydrogen-bond acceptors (Lipinski definition) is 3. The molecular weight excluding hydrogens is 280 g/mol. The zero-order valence-corrected chi connectivity index (χ0v) is 13.9. The van der Waals surface area contributed by atoms with Gasteiger partial charge < -0.3 is 5.32 Å². The van der Waals surface area contributed by atoms with E-state index in [0.29, 0.717) is 0 Å². The average Bonchev–Trinajstić information content (AvgIpc) is 3.34. The zero-order valence-electron chi connectivity index (χ0n) is 13.0. The lowest BCUT2D eigenvalue weighted by atomic mass is 10.2. The van der Waals surface area contributed by atoms with Gasteiger partial charge in [0.2, 0.25) is 5.91 Å². The minimum Gasteiger partial charge on any atom is -0.354 e. The summed E-state index contributed by atoms with van der Waals surface area (Å²) in [4.78, 5) is 14.5. The quantitative estimate of drug-likeness (QED) is 0.761. The molecule has 0 saturated heterocycles. The molecule has 1 atom stereocenters. The van der Waals surface area contributed by atoms with E-state index in [0.717, 1.165) is 31.4 Å². The van der Waals surface area contributed by atoms with Crippen LogP contribution >= 0.6 is 11.8 Å². The number of thioether (sulfide) groups is 1. The first-order chi connectivity index (χ1) is 10.2.